The summed E-state index contributed by atoms with van der Waals surface area (Å²) < 4.78 is 0.963. The van der Waals surface area contributed by atoms with Gasteiger partial charge in [0.1, 0.15) is 0 Å². The van der Waals surface area contributed by atoms with Crippen LogP contribution in [0.25, 0.3) is 0 Å². The first-order valence-electron chi connectivity index (χ1n) is 5.23. The molecule has 1 amide bonds. The number of hydrogen-bond acceptors (Lipinski definition) is 3. The molecular weight excluding hydrogens is 270 g/mol. The van der Waals surface area contributed by atoms with Gasteiger partial charge >= 0.3 is 0 Å². The molecule has 4 nitrogen and oxygen atoms in total. The van der Waals surface area contributed by atoms with Crippen LogP contribution in [0.3, 0.4) is 0 Å². The first-order chi connectivity index (χ1) is 7.65. The fraction of sp³-hybridized carbons (Fsp3) is 0.364. The van der Waals surface area contributed by atoms with Crippen LogP contribution in [0.1, 0.15) is 12.8 Å². The predicted octanol–water partition coefficient (Wildman–Crippen LogP) is 1.72. The van der Waals surface area contributed by atoms with Gasteiger partial charge in [-0.15, -0.1) is 0 Å². The van der Waals surface area contributed by atoms with Gasteiger partial charge in [0.15, 0.2) is 0 Å². The molecule has 1 fully saturated rings. The van der Waals surface area contributed by atoms with Crippen molar-refractivity contribution in [3.05, 3.63) is 22.7 Å². The zero-order valence-electron chi connectivity index (χ0n) is 8.79. The second-order valence-electron chi connectivity index (χ2n) is 3.92. The van der Waals surface area contributed by atoms with Crippen LogP contribution >= 0.6 is 15.9 Å². The maximum atomic E-state index is 11.0. The molecule has 0 aliphatic carbocycles. The number of benzene rings is 1. The lowest BCUT2D eigenvalue weighted by molar-refractivity contribution is -0.119. The van der Waals surface area contributed by atoms with Crippen molar-refractivity contribution < 1.29 is 4.79 Å². The molecule has 0 unspecified atom stereocenters. The van der Waals surface area contributed by atoms with E-state index in [2.05, 4.69) is 26.6 Å². The third kappa shape index (κ3) is 2.66. The molecule has 5 heteroatoms. The van der Waals surface area contributed by atoms with Gasteiger partial charge in [-0.1, -0.05) is 15.9 Å². The summed E-state index contributed by atoms with van der Waals surface area (Å²) in [5.74, 6) is 0.135. The highest BCUT2D eigenvalue weighted by Crippen LogP contribution is 2.23. The summed E-state index contributed by atoms with van der Waals surface area (Å²) in [7, 11) is 0. The molecule has 0 bridgehead atoms. The van der Waals surface area contributed by atoms with Gasteiger partial charge in [0.25, 0.3) is 0 Å². The van der Waals surface area contributed by atoms with Crippen LogP contribution in [0.2, 0.25) is 0 Å². The number of carbonyl (C=O) groups is 1. The van der Waals surface area contributed by atoms with Gasteiger partial charge in [-0.3, -0.25) is 4.79 Å². The number of hydrogen-bond donors (Lipinski definition) is 3. The third-order valence-corrected chi connectivity index (χ3v) is 3.13. The first-order valence-corrected chi connectivity index (χ1v) is 6.03. The second kappa shape index (κ2) is 4.74. The molecule has 4 N–H and O–H groups in total. The first kappa shape index (κ1) is 11.3. The molecular formula is C11H14BrN3O. The summed E-state index contributed by atoms with van der Waals surface area (Å²) in [6, 6.07) is 5.94. The van der Waals surface area contributed by atoms with Crippen molar-refractivity contribution in [2.24, 2.45) is 0 Å². The topological polar surface area (TPSA) is 67.1 Å². The van der Waals surface area contributed by atoms with Gasteiger partial charge < -0.3 is 16.4 Å². The zero-order chi connectivity index (χ0) is 11.5. The van der Waals surface area contributed by atoms with Crippen LogP contribution in [-0.4, -0.2) is 18.5 Å². The minimum absolute atomic E-state index is 0.135. The van der Waals surface area contributed by atoms with Gasteiger partial charge in [-0.2, -0.15) is 0 Å². The minimum atomic E-state index is 0.135. The number of rotatable bonds is 3. The molecule has 16 heavy (non-hydrogen) atoms. The average molecular weight is 284 g/mol. The van der Waals surface area contributed by atoms with Crippen molar-refractivity contribution in [3.8, 4) is 0 Å². The van der Waals surface area contributed by atoms with Gasteiger partial charge in [0.2, 0.25) is 5.91 Å². The van der Waals surface area contributed by atoms with Crippen LogP contribution in [0.5, 0.6) is 0 Å². The van der Waals surface area contributed by atoms with Crippen molar-refractivity contribution in [1.82, 2.24) is 5.32 Å². The number of nitrogens with one attached hydrogen (secondary N) is 2. The van der Waals surface area contributed by atoms with Crippen molar-refractivity contribution >= 4 is 33.2 Å². The van der Waals surface area contributed by atoms with E-state index in [9.17, 15) is 4.79 Å². The molecule has 1 aromatic carbocycles. The highest BCUT2D eigenvalue weighted by molar-refractivity contribution is 9.10. The Balaban J connectivity index is 1.92. The van der Waals surface area contributed by atoms with Crippen molar-refractivity contribution in [2.45, 2.75) is 18.9 Å². The molecule has 1 atom stereocenters. The maximum absolute atomic E-state index is 11.0. The highest BCUT2D eigenvalue weighted by Gasteiger charge is 2.20. The van der Waals surface area contributed by atoms with Gasteiger partial charge in [0, 0.05) is 23.5 Å². The van der Waals surface area contributed by atoms with Crippen LogP contribution in [0.4, 0.5) is 11.4 Å². The Kier molecular flexibility index (Phi) is 3.33. The Morgan fingerprint density at radius 3 is 3.00 bits per heavy atom. The number of nitrogen functional groups attached to an aromatic ring is 1. The second-order valence-corrected chi connectivity index (χ2v) is 4.83. The summed E-state index contributed by atoms with van der Waals surface area (Å²) in [5.41, 5.74) is 7.47. The van der Waals surface area contributed by atoms with E-state index in [0.717, 1.165) is 23.1 Å². The summed E-state index contributed by atoms with van der Waals surface area (Å²) in [6.45, 7) is 0.720. The minimum Gasteiger partial charge on any atom is -0.397 e. The summed E-state index contributed by atoms with van der Waals surface area (Å²) in [5, 5.41) is 6.15. The SMILES string of the molecule is Nc1cc(Br)ccc1NC[C@H]1CCC(=O)N1. The third-order valence-electron chi connectivity index (χ3n) is 2.64. The largest absolute Gasteiger partial charge is 0.397 e. The lowest BCUT2D eigenvalue weighted by atomic mass is 10.2. The summed E-state index contributed by atoms with van der Waals surface area (Å²) in [4.78, 5) is 11.0. The Morgan fingerprint density at radius 2 is 2.38 bits per heavy atom. The average Bonchev–Trinajstić information content (AvgIpc) is 2.63. The summed E-state index contributed by atoms with van der Waals surface area (Å²) in [6.07, 6.45) is 1.52. The molecule has 86 valence electrons. The monoisotopic (exact) mass is 283 g/mol. The molecule has 1 aliphatic heterocycles. The van der Waals surface area contributed by atoms with E-state index in [-0.39, 0.29) is 11.9 Å². The number of carbonyl (C=O) groups excluding carboxylic acids is 1. The molecule has 1 heterocycles. The van der Waals surface area contributed by atoms with Gasteiger partial charge in [0.05, 0.1) is 11.4 Å². The Hall–Kier alpha value is -1.23. The lowest BCUT2D eigenvalue weighted by Gasteiger charge is -2.14. The molecule has 0 saturated carbocycles. The summed E-state index contributed by atoms with van der Waals surface area (Å²) >= 11 is 3.36. The predicted molar refractivity (Wildman–Crippen MR) is 68.2 cm³/mol. The fourth-order valence-electron chi connectivity index (χ4n) is 1.76. The standard InChI is InChI=1S/C11H14BrN3O/c12-7-1-3-10(9(13)5-7)14-6-8-2-4-11(16)15-8/h1,3,5,8,14H,2,4,6,13H2,(H,15,16)/t8-/m1/s1. The molecule has 0 spiro atoms. The van der Waals surface area contributed by atoms with E-state index in [0.29, 0.717) is 12.1 Å². The van der Waals surface area contributed by atoms with E-state index in [4.69, 9.17) is 5.73 Å². The van der Waals surface area contributed by atoms with Crippen molar-refractivity contribution in [3.63, 3.8) is 0 Å². The van der Waals surface area contributed by atoms with E-state index in [1.54, 1.807) is 0 Å². The van der Waals surface area contributed by atoms with E-state index in [1.165, 1.54) is 0 Å². The molecule has 2 rings (SSSR count). The highest BCUT2D eigenvalue weighted by atomic mass is 79.9. The normalized spacial score (nSPS) is 19.6. The van der Waals surface area contributed by atoms with E-state index < -0.39 is 0 Å². The zero-order valence-corrected chi connectivity index (χ0v) is 10.4. The van der Waals surface area contributed by atoms with Crippen LogP contribution in [-0.2, 0) is 4.79 Å². The van der Waals surface area contributed by atoms with E-state index >= 15 is 0 Å². The smallest absolute Gasteiger partial charge is 0.220 e. The van der Waals surface area contributed by atoms with Crippen LogP contribution in [0, 0.1) is 0 Å². The molecule has 1 aliphatic rings. The van der Waals surface area contributed by atoms with Gasteiger partial charge in [-0.05, 0) is 24.6 Å². The Bertz CT molecular complexity index is 408. The van der Waals surface area contributed by atoms with E-state index in [1.807, 2.05) is 18.2 Å². The number of anilines is 2. The van der Waals surface area contributed by atoms with Gasteiger partial charge in [-0.25, -0.2) is 0 Å². The fourth-order valence-corrected chi connectivity index (χ4v) is 2.14. The quantitative estimate of drug-likeness (QED) is 0.740. The number of halogens is 1. The molecule has 0 radical (unpaired) electrons. The van der Waals surface area contributed by atoms with Crippen molar-refractivity contribution in [2.75, 3.05) is 17.6 Å². The Labute approximate surface area is 103 Å². The molecule has 1 saturated heterocycles. The molecule has 0 aromatic heterocycles. The van der Waals surface area contributed by atoms with Crippen LogP contribution < -0.4 is 16.4 Å². The number of amides is 1. The maximum Gasteiger partial charge on any atom is 0.220 e. The van der Waals surface area contributed by atoms with Crippen LogP contribution in [0.15, 0.2) is 22.7 Å². The molecule has 1 aromatic rings. The van der Waals surface area contributed by atoms with Crippen molar-refractivity contribution in [1.29, 1.82) is 0 Å². The number of nitrogens with two attached hydrogens (primary N) is 1. The lowest BCUT2D eigenvalue weighted by Crippen LogP contribution is -2.31. The Morgan fingerprint density at radius 1 is 1.56 bits per heavy atom.